The predicted molar refractivity (Wildman–Crippen MR) is 64.2 cm³/mol. The van der Waals surface area contributed by atoms with Crippen molar-refractivity contribution in [3.05, 3.63) is 21.6 Å². The van der Waals surface area contributed by atoms with Crippen LogP contribution >= 0.6 is 11.6 Å². The Morgan fingerprint density at radius 3 is 3.06 bits per heavy atom. The van der Waals surface area contributed by atoms with E-state index in [4.69, 9.17) is 11.6 Å². The van der Waals surface area contributed by atoms with Gasteiger partial charge in [-0.25, -0.2) is 4.68 Å². The quantitative estimate of drug-likeness (QED) is 0.807. The van der Waals surface area contributed by atoms with E-state index in [1.54, 1.807) is 13.2 Å². The van der Waals surface area contributed by atoms with Gasteiger partial charge in [0.15, 0.2) is 0 Å². The average molecular weight is 243 g/mol. The minimum atomic E-state index is -0.253. The monoisotopic (exact) mass is 242 g/mol. The maximum absolute atomic E-state index is 11.6. The molecule has 1 aromatic heterocycles. The third-order valence-corrected chi connectivity index (χ3v) is 3.38. The fraction of sp³-hybridized carbons (Fsp3) is 0.600. The molecule has 0 spiro atoms. The first kappa shape index (κ1) is 11.4. The number of rotatable bonds is 2. The Bertz CT molecular complexity index is 439. The molecule has 6 heteroatoms. The summed E-state index contributed by atoms with van der Waals surface area (Å²) in [6, 6.07) is 0.381. The molecule has 1 aromatic rings. The molecule has 1 unspecified atom stereocenters. The highest BCUT2D eigenvalue weighted by Crippen LogP contribution is 2.23. The number of aryl methyl sites for hydroxylation is 1. The van der Waals surface area contributed by atoms with Crippen LogP contribution in [0.3, 0.4) is 0 Å². The van der Waals surface area contributed by atoms with Crippen LogP contribution in [0.2, 0.25) is 5.02 Å². The molecule has 1 N–H and O–H groups in total. The highest BCUT2D eigenvalue weighted by Gasteiger charge is 2.22. The topological polar surface area (TPSA) is 50.2 Å². The summed E-state index contributed by atoms with van der Waals surface area (Å²) in [4.78, 5) is 13.7. The summed E-state index contributed by atoms with van der Waals surface area (Å²) < 4.78 is 1.24. The summed E-state index contributed by atoms with van der Waals surface area (Å²) >= 11 is 6.04. The number of likely N-dealkylation sites (N-methyl/N-ethyl adjacent to an activating group) is 1. The molecule has 1 saturated heterocycles. The van der Waals surface area contributed by atoms with Gasteiger partial charge in [0.25, 0.3) is 5.56 Å². The maximum Gasteiger partial charge on any atom is 0.287 e. The Morgan fingerprint density at radius 2 is 2.44 bits per heavy atom. The molecule has 2 heterocycles. The summed E-state index contributed by atoms with van der Waals surface area (Å²) in [5, 5.41) is 7.51. The van der Waals surface area contributed by atoms with Crippen molar-refractivity contribution in [3.8, 4) is 0 Å². The molecule has 1 atom stereocenters. The highest BCUT2D eigenvalue weighted by molar-refractivity contribution is 6.33. The van der Waals surface area contributed by atoms with Gasteiger partial charge in [-0.05, 0) is 13.0 Å². The lowest BCUT2D eigenvalue weighted by atomic mass is 10.2. The molecular formula is C10H15ClN4O. The van der Waals surface area contributed by atoms with Crippen molar-refractivity contribution in [2.24, 2.45) is 7.05 Å². The number of nitrogens with zero attached hydrogens (tertiary/aromatic N) is 3. The Kier molecular flexibility index (Phi) is 3.16. The second-order valence-electron chi connectivity index (χ2n) is 4.03. The molecule has 0 radical (unpaired) electrons. The van der Waals surface area contributed by atoms with Crippen LogP contribution in [-0.4, -0.2) is 36.0 Å². The van der Waals surface area contributed by atoms with E-state index in [1.807, 2.05) is 11.9 Å². The lowest BCUT2D eigenvalue weighted by Crippen LogP contribution is -2.35. The highest BCUT2D eigenvalue weighted by atomic mass is 35.5. The van der Waals surface area contributed by atoms with E-state index in [0.717, 1.165) is 19.5 Å². The van der Waals surface area contributed by atoms with Crippen molar-refractivity contribution >= 4 is 17.3 Å². The molecule has 0 amide bonds. The fourth-order valence-electron chi connectivity index (χ4n) is 1.91. The summed E-state index contributed by atoms with van der Waals surface area (Å²) in [6.07, 6.45) is 2.70. The van der Waals surface area contributed by atoms with Crippen molar-refractivity contribution in [2.45, 2.75) is 12.5 Å². The molecule has 0 aromatic carbocycles. The zero-order valence-corrected chi connectivity index (χ0v) is 10.2. The van der Waals surface area contributed by atoms with Gasteiger partial charge in [-0.1, -0.05) is 11.6 Å². The first-order chi connectivity index (χ1) is 7.61. The van der Waals surface area contributed by atoms with Crippen molar-refractivity contribution in [1.29, 1.82) is 0 Å². The summed E-state index contributed by atoms with van der Waals surface area (Å²) in [7, 11) is 3.54. The van der Waals surface area contributed by atoms with Gasteiger partial charge in [0.2, 0.25) is 0 Å². The molecule has 88 valence electrons. The van der Waals surface area contributed by atoms with Crippen LogP contribution in [0.15, 0.2) is 11.0 Å². The largest absolute Gasteiger partial charge is 0.368 e. The minimum absolute atomic E-state index is 0.243. The molecule has 2 rings (SSSR count). The van der Waals surface area contributed by atoms with Gasteiger partial charge < -0.3 is 10.2 Å². The Morgan fingerprint density at radius 1 is 1.69 bits per heavy atom. The number of halogens is 1. The van der Waals surface area contributed by atoms with E-state index in [-0.39, 0.29) is 10.6 Å². The molecular weight excluding hydrogens is 228 g/mol. The van der Waals surface area contributed by atoms with Crippen LogP contribution < -0.4 is 15.8 Å². The van der Waals surface area contributed by atoms with Crippen molar-refractivity contribution in [2.75, 3.05) is 25.0 Å². The fourth-order valence-corrected chi connectivity index (χ4v) is 2.22. The van der Waals surface area contributed by atoms with Gasteiger partial charge in [-0.3, -0.25) is 4.79 Å². The third kappa shape index (κ3) is 1.92. The smallest absolute Gasteiger partial charge is 0.287 e. The number of hydrogen-bond acceptors (Lipinski definition) is 4. The molecule has 1 fully saturated rings. The van der Waals surface area contributed by atoms with E-state index in [2.05, 4.69) is 10.4 Å². The number of aromatic nitrogens is 2. The summed E-state index contributed by atoms with van der Waals surface area (Å²) in [6.45, 7) is 1.92. The SMILES string of the molecule is CN(c1cnn(C)c(=O)c1Cl)C1CCNC1. The lowest BCUT2D eigenvalue weighted by Gasteiger charge is -2.26. The van der Waals surface area contributed by atoms with Crippen LogP contribution in [-0.2, 0) is 7.05 Å². The number of hydrogen-bond donors (Lipinski definition) is 1. The Balaban J connectivity index is 2.33. The maximum atomic E-state index is 11.6. The Labute approximate surface area is 99.0 Å². The lowest BCUT2D eigenvalue weighted by molar-refractivity contribution is 0.666. The van der Waals surface area contributed by atoms with E-state index >= 15 is 0 Å². The average Bonchev–Trinajstić information content (AvgIpc) is 2.79. The first-order valence-corrected chi connectivity index (χ1v) is 5.64. The Hall–Kier alpha value is -1.07. The van der Waals surface area contributed by atoms with Crippen molar-refractivity contribution in [1.82, 2.24) is 15.1 Å². The minimum Gasteiger partial charge on any atom is -0.368 e. The van der Waals surface area contributed by atoms with Gasteiger partial charge in [0.1, 0.15) is 5.02 Å². The molecule has 0 bridgehead atoms. The van der Waals surface area contributed by atoms with Crippen LogP contribution in [0.1, 0.15) is 6.42 Å². The molecule has 1 aliphatic heterocycles. The third-order valence-electron chi connectivity index (χ3n) is 3.02. The predicted octanol–water partition coefficient (Wildman–Crippen LogP) is 0.232. The van der Waals surface area contributed by atoms with Crippen LogP contribution in [0, 0.1) is 0 Å². The van der Waals surface area contributed by atoms with Gasteiger partial charge >= 0.3 is 0 Å². The molecule has 16 heavy (non-hydrogen) atoms. The van der Waals surface area contributed by atoms with Crippen LogP contribution in [0.5, 0.6) is 0 Å². The van der Waals surface area contributed by atoms with E-state index in [0.29, 0.717) is 11.7 Å². The molecule has 5 nitrogen and oxygen atoms in total. The zero-order chi connectivity index (χ0) is 11.7. The second kappa shape index (κ2) is 4.43. The zero-order valence-electron chi connectivity index (χ0n) is 9.40. The van der Waals surface area contributed by atoms with E-state index < -0.39 is 0 Å². The second-order valence-corrected chi connectivity index (χ2v) is 4.41. The van der Waals surface area contributed by atoms with E-state index in [1.165, 1.54) is 4.68 Å². The van der Waals surface area contributed by atoms with Gasteiger partial charge in [0, 0.05) is 26.7 Å². The molecule has 0 aliphatic carbocycles. The first-order valence-electron chi connectivity index (χ1n) is 5.26. The summed E-state index contributed by atoms with van der Waals surface area (Å²) in [5.41, 5.74) is 0.454. The summed E-state index contributed by atoms with van der Waals surface area (Å²) in [5.74, 6) is 0. The van der Waals surface area contributed by atoms with Gasteiger partial charge in [-0.2, -0.15) is 5.10 Å². The van der Waals surface area contributed by atoms with Crippen molar-refractivity contribution in [3.63, 3.8) is 0 Å². The normalized spacial score (nSPS) is 20.1. The molecule has 1 aliphatic rings. The van der Waals surface area contributed by atoms with Gasteiger partial charge in [-0.15, -0.1) is 0 Å². The van der Waals surface area contributed by atoms with Crippen molar-refractivity contribution < 1.29 is 0 Å². The van der Waals surface area contributed by atoms with E-state index in [9.17, 15) is 4.79 Å². The number of nitrogens with one attached hydrogen (secondary N) is 1. The standard InChI is InChI=1S/C10H15ClN4O/c1-14(7-3-4-12-5-7)8-6-13-15(2)10(16)9(8)11/h6-7,12H,3-5H2,1-2H3. The molecule has 0 saturated carbocycles. The van der Waals surface area contributed by atoms with Gasteiger partial charge in [0.05, 0.1) is 11.9 Å². The van der Waals surface area contributed by atoms with Crippen LogP contribution in [0.4, 0.5) is 5.69 Å². The van der Waals surface area contributed by atoms with Crippen LogP contribution in [0.25, 0.3) is 0 Å². The number of anilines is 1.